The van der Waals surface area contributed by atoms with Crippen LogP contribution in [0.2, 0.25) is 0 Å². The lowest BCUT2D eigenvalue weighted by Crippen LogP contribution is -2.32. The zero-order valence-electron chi connectivity index (χ0n) is 30.0. The fraction of sp³-hybridized carbons (Fsp3) is 0.211. The highest BCUT2D eigenvalue weighted by atomic mass is 19.4. The molecule has 5 N–H and O–H groups in total. The van der Waals surface area contributed by atoms with E-state index in [2.05, 4.69) is 24.9 Å². The van der Waals surface area contributed by atoms with Crippen LogP contribution in [0.3, 0.4) is 0 Å². The third-order valence-electron chi connectivity index (χ3n) is 7.73. The Kier molecular flexibility index (Phi) is 14.5. The summed E-state index contributed by atoms with van der Waals surface area (Å²) in [7, 11) is 0. The van der Waals surface area contributed by atoms with Crippen molar-refractivity contribution < 1.29 is 58.3 Å². The van der Waals surface area contributed by atoms with Crippen molar-refractivity contribution in [3.8, 4) is 11.6 Å². The number of rotatable bonds is 8. The quantitative estimate of drug-likeness (QED) is 0.0450. The van der Waals surface area contributed by atoms with E-state index in [1.54, 1.807) is 36.6 Å². The highest BCUT2D eigenvalue weighted by molar-refractivity contribution is 5.80. The average Bonchev–Trinajstić information content (AvgIpc) is 3.62. The lowest BCUT2D eigenvalue weighted by molar-refractivity contribution is -0.143. The van der Waals surface area contributed by atoms with Crippen molar-refractivity contribution in [1.29, 1.82) is 0 Å². The molecule has 0 atom stereocenters. The predicted molar refractivity (Wildman–Crippen MR) is 191 cm³/mol. The summed E-state index contributed by atoms with van der Waals surface area (Å²) in [6, 6.07) is 22.2. The van der Waals surface area contributed by atoms with Gasteiger partial charge in [0, 0.05) is 0 Å². The number of ether oxygens (including phenoxy) is 1. The van der Waals surface area contributed by atoms with Crippen LogP contribution in [0, 0.1) is 0 Å². The van der Waals surface area contributed by atoms with Crippen LogP contribution < -0.4 is 17.0 Å². The summed E-state index contributed by atoms with van der Waals surface area (Å²) in [5.41, 5.74) is 6.63. The largest absolute Gasteiger partial charge is 0.466 e. The molecule has 0 radical (unpaired) electrons. The molecule has 4 aromatic carbocycles. The fourth-order valence-corrected chi connectivity index (χ4v) is 5.20. The molecule has 20 heteroatoms. The minimum absolute atomic E-state index is 0.00485. The molecule has 2 aromatic heterocycles. The summed E-state index contributed by atoms with van der Waals surface area (Å²) < 4.78 is 124. The smallest absolute Gasteiger partial charge is 0.416 e. The number of anilines is 1. The van der Waals surface area contributed by atoms with Crippen molar-refractivity contribution in [3.63, 3.8) is 0 Å². The van der Waals surface area contributed by atoms with Gasteiger partial charge >= 0.3 is 24.5 Å². The molecule has 0 bridgehead atoms. The van der Waals surface area contributed by atoms with E-state index in [9.17, 15) is 49.1 Å². The minimum Gasteiger partial charge on any atom is -0.466 e. The molecule has 11 nitrogen and oxygen atoms in total. The van der Waals surface area contributed by atoms with E-state index in [4.69, 9.17) is 16.0 Å². The second-order valence-corrected chi connectivity index (χ2v) is 11.8. The molecule has 0 unspecified atom stereocenters. The van der Waals surface area contributed by atoms with E-state index in [0.29, 0.717) is 11.0 Å². The first kappa shape index (κ1) is 44.1. The molecule has 0 aliphatic carbocycles. The summed E-state index contributed by atoms with van der Waals surface area (Å²) in [5, 5.41) is 7.69. The highest BCUT2D eigenvalue weighted by Gasteiger charge is 2.35. The molecular formula is C38H32F9N7O4. The van der Waals surface area contributed by atoms with Gasteiger partial charge < -0.3 is 14.9 Å². The van der Waals surface area contributed by atoms with Crippen molar-refractivity contribution >= 4 is 28.7 Å². The molecular weight excluding hydrogens is 789 g/mol. The molecule has 2 heterocycles. The first-order chi connectivity index (χ1) is 27.3. The average molecular weight is 822 g/mol. The van der Waals surface area contributed by atoms with Gasteiger partial charge in [-0.2, -0.15) is 39.5 Å². The van der Waals surface area contributed by atoms with E-state index in [-0.39, 0.29) is 65.9 Å². The lowest BCUT2D eigenvalue weighted by Gasteiger charge is -2.11. The van der Waals surface area contributed by atoms with E-state index in [1.807, 2.05) is 0 Å². The number of fused-ring (bicyclic) bond motifs is 1. The molecule has 0 spiro atoms. The maximum Gasteiger partial charge on any atom is 0.416 e. The van der Waals surface area contributed by atoms with Crippen molar-refractivity contribution in [2.45, 2.75) is 44.7 Å². The second kappa shape index (κ2) is 19.0. The third kappa shape index (κ3) is 12.2. The van der Waals surface area contributed by atoms with Gasteiger partial charge in [-0.25, -0.2) is 15.8 Å². The van der Waals surface area contributed by atoms with Crippen molar-refractivity contribution in [3.05, 3.63) is 136 Å². The summed E-state index contributed by atoms with van der Waals surface area (Å²) in [6.07, 6.45) is -14.3. The van der Waals surface area contributed by atoms with Crippen LogP contribution in [0.15, 0.2) is 101 Å². The Bertz CT molecular complexity index is 2330. The number of carbonyl (C=O) groups excluding carboxylic acids is 2. The molecule has 0 saturated heterocycles. The van der Waals surface area contributed by atoms with E-state index in [0.717, 1.165) is 18.2 Å². The van der Waals surface area contributed by atoms with Gasteiger partial charge in [0.1, 0.15) is 0 Å². The molecule has 58 heavy (non-hydrogen) atoms. The van der Waals surface area contributed by atoms with Gasteiger partial charge in [0.2, 0.25) is 11.8 Å². The number of benzene rings is 4. The molecule has 0 fully saturated rings. The number of hydrogen-bond acceptors (Lipinski definition) is 10. The van der Waals surface area contributed by atoms with Gasteiger partial charge in [0.05, 0.1) is 53.6 Å². The van der Waals surface area contributed by atoms with Crippen LogP contribution in [0.1, 0.15) is 46.2 Å². The number of hydrazine groups is 1. The molecule has 0 aliphatic heterocycles. The Hall–Kier alpha value is -6.57. The number of aromatic nitrogens is 4. The predicted octanol–water partition coefficient (Wildman–Crippen LogP) is 7.92. The van der Waals surface area contributed by atoms with Crippen molar-refractivity contribution in [1.82, 2.24) is 25.6 Å². The van der Waals surface area contributed by atoms with Gasteiger partial charge in [-0.05, 0) is 53.9 Å². The number of nitrogen functional groups attached to an aromatic ring is 1. The Labute approximate surface area is 323 Å². The fourth-order valence-electron chi connectivity index (χ4n) is 5.20. The van der Waals surface area contributed by atoms with Crippen LogP contribution in [-0.4, -0.2) is 38.6 Å². The standard InChI is InChI=1S/C18H12F3N5O.C11H11F3O2.C9H9F3N2O/c19-18(20,21)11-6-2-1-5-10(11)9-14-25-26-17(27-14)15-16(22)24-13-8-4-3-7-12(13)23-15;1-2-16-10(15)7-8-5-3-4-6-9(8)11(12,13)14;10-9(11,12)7-4-2-1-3-6(7)5-8(15)14-13/h1-8H,9H2,(H2,22,24);3-6H,2,7H2,1H3;1-4H,5,13H2,(H,14,15). The topological polar surface area (TPSA) is 172 Å². The highest BCUT2D eigenvalue weighted by Crippen LogP contribution is 2.34. The van der Waals surface area contributed by atoms with Gasteiger partial charge in [-0.3, -0.25) is 15.0 Å². The Balaban J connectivity index is 0.000000207. The number of alkyl halides is 9. The maximum absolute atomic E-state index is 13.1. The van der Waals surface area contributed by atoms with E-state index >= 15 is 0 Å². The normalized spacial score (nSPS) is 11.5. The maximum atomic E-state index is 13.1. The van der Waals surface area contributed by atoms with Crippen LogP contribution >= 0.6 is 0 Å². The zero-order chi connectivity index (χ0) is 42.7. The van der Waals surface area contributed by atoms with Crippen LogP contribution in [0.25, 0.3) is 22.6 Å². The number of nitrogens with one attached hydrogen (secondary N) is 1. The number of hydrogen-bond donors (Lipinski definition) is 3. The Morgan fingerprint density at radius 3 is 1.60 bits per heavy atom. The number of halogens is 9. The number of nitrogens with zero attached hydrogens (tertiary/aromatic N) is 4. The molecule has 0 saturated carbocycles. The summed E-state index contributed by atoms with van der Waals surface area (Å²) >= 11 is 0. The van der Waals surface area contributed by atoms with Crippen LogP contribution in [-0.2, 0) is 52.1 Å². The van der Waals surface area contributed by atoms with Crippen LogP contribution in [0.5, 0.6) is 0 Å². The SMILES string of the molecule is CCOC(=O)Cc1ccccc1C(F)(F)F.NNC(=O)Cc1ccccc1C(F)(F)F.Nc1nc2ccccc2nc1-c1nnc(Cc2ccccc2C(F)(F)F)o1. The molecule has 306 valence electrons. The molecule has 0 aliphatic rings. The third-order valence-corrected chi connectivity index (χ3v) is 7.73. The first-order valence-electron chi connectivity index (χ1n) is 16.8. The molecule has 1 amide bonds. The van der Waals surface area contributed by atoms with Gasteiger partial charge in [-0.15, -0.1) is 10.2 Å². The van der Waals surface area contributed by atoms with Gasteiger partial charge in [0.25, 0.3) is 5.89 Å². The minimum atomic E-state index is -4.46. The number of carbonyl (C=O) groups is 2. The second-order valence-electron chi connectivity index (χ2n) is 11.8. The van der Waals surface area contributed by atoms with E-state index < -0.39 is 47.1 Å². The van der Waals surface area contributed by atoms with Crippen LogP contribution in [0.4, 0.5) is 45.3 Å². The zero-order valence-corrected chi connectivity index (χ0v) is 30.0. The van der Waals surface area contributed by atoms with Crippen molar-refractivity contribution in [2.24, 2.45) is 5.84 Å². The van der Waals surface area contributed by atoms with Gasteiger partial charge in [-0.1, -0.05) is 66.7 Å². The van der Waals surface area contributed by atoms with Gasteiger partial charge in [0.15, 0.2) is 11.5 Å². The number of nitrogens with two attached hydrogens (primary N) is 2. The molecule has 6 aromatic rings. The summed E-state index contributed by atoms with van der Waals surface area (Å²) in [6.45, 7) is 1.76. The number of esters is 1. The monoisotopic (exact) mass is 821 g/mol. The first-order valence-corrected chi connectivity index (χ1v) is 16.8. The Morgan fingerprint density at radius 2 is 1.10 bits per heavy atom. The van der Waals surface area contributed by atoms with E-state index in [1.165, 1.54) is 54.6 Å². The lowest BCUT2D eigenvalue weighted by atomic mass is 10.0. The summed E-state index contributed by atoms with van der Waals surface area (Å²) in [4.78, 5) is 30.5. The van der Waals surface area contributed by atoms with Crippen molar-refractivity contribution in [2.75, 3.05) is 12.3 Å². The summed E-state index contributed by atoms with van der Waals surface area (Å²) in [5.74, 6) is 3.61. The molecule has 6 rings (SSSR count). The number of para-hydroxylation sites is 2. The number of amides is 1. The Morgan fingerprint density at radius 1 is 0.655 bits per heavy atom.